The van der Waals surface area contributed by atoms with Gasteiger partial charge in [0.05, 0.1) is 7.11 Å². The number of methoxy groups -OCH3 is 1. The van der Waals surface area contributed by atoms with Crippen molar-refractivity contribution in [2.75, 3.05) is 17.7 Å². The van der Waals surface area contributed by atoms with Crippen LogP contribution in [0.3, 0.4) is 0 Å². The second-order valence-corrected chi connectivity index (χ2v) is 5.10. The minimum atomic E-state index is -0.245. The molecular weight excluding hydrogens is 307 g/mol. The van der Waals surface area contributed by atoms with E-state index in [0.29, 0.717) is 18.3 Å². The smallest absolute Gasteiger partial charge is 0.229 e. The molecule has 0 unspecified atom stereocenters. The Bertz CT molecular complexity index is 808. The van der Waals surface area contributed by atoms with Crippen molar-refractivity contribution in [3.63, 3.8) is 0 Å². The van der Waals surface area contributed by atoms with Crippen LogP contribution in [0.2, 0.25) is 0 Å². The van der Waals surface area contributed by atoms with Gasteiger partial charge in [-0.15, -0.1) is 0 Å². The maximum Gasteiger partial charge on any atom is 0.229 e. The topological polar surface area (TPSA) is 59.1 Å². The van der Waals surface area contributed by atoms with E-state index in [1.165, 1.54) is 12.1 Å². The number of hydrogen-bond acceptors (Lipinski definition) is 5. The average Bonchev–Trinajstić information content (AvgIpc) is 2.62. The highest BCUT2D eigenvalue weighted by molar-refractivity contribution is 5.56. The first-order valence-electron chi connectivity index (χ1n) is 7.45. The van der Waals surface area contributed by atoms with Gasteiger partial charge in [0, 0.05) is 24.5 Å². The monoisotopic (exact) mass is 324 g/mol. The van der Waals surface area contributed by atoms with Crippen molar-refractivity contribution in [1.82, 2.24) is 9.97 Å². The third-order valence-electron chi connectivity index (χ3n) is 3.37. The molecule has 0 saturated heterocycles. The van der Waals surface area contributed by atoms with E-state index in [1.54, 1.807) is 31.5 Å². The molecule has 0 aliphatic rings. The van der Waals surface area contributed by atoms with Crippen LogP contribution in [0, 0.1) is 5.82 Å². The highest BCUT2D eigenvalue weighted by Gasteiger charge is 2.02. The summed E-state index contributed by atoms with van der Waals surface area (Å²) in [6.45, 7) is 0.551. The van der Waals surface area contributed by atoms with Crippen LogP contribution in [0.5, 0.6) is 5.75 Å². The van der Waals surface area contributed by atoms with Gasteiger partial charge in [0.2, 0.25) is 5.95 Å². The van der Waals surface area contributed by atoms with Gasteiger partial charge >= 0.3 is 0 Å². The maximum atomic E-state index is 12.9. The number of halogens is 1. The molecule has 3 rings (SSSR count). The molecule has 122 valence electrons. The average molecular weight is 324 g/mol. The fourth-order valence-electron chi connectivity index (χ4n) is 2.14. The zero-order valence-corrected chi connectivity index (χ0v) is 13.2. The lowest BCUT2D eigenvalue weighted by Crippen LogP contribution is -2.04. The second-order valence-electron chi connectivity index (χ2n) is 5.10. The molecule has 2 N–H and O–H groups in total. The van der Waals surface area contributed by atoms with Gasteiger partial charge in [0.25, 0.3) is 0 Å². The van der Waals surface area contributed by atoms with Crippen LogP contribution in [-0.2, 0) is 6.54 Å². The van der Waals surface area contributed by atoms with E-state index in [0.717, 1.165) is 17.0 Å². The Morgan fingerprint density at radius 1 is 1.08 bits per heavy atom. The predicted octanol–water partition coefficient (Wildman–Crippen LogP) is 3.98. The Morgan fingerprint density at radius 2 is 1.92 bits per heavy atom. The van der Waals surface area contributed by atoms with E-state index in [9.17, 15) is 4.39 Å². The van der Waals surface area contributed by atoms with E-state index in [2.05, 4.69) is 20.6 Å². The lowest BCUT2D eigenvalue weighted by Gasteiger charge is -2.09. The molecule has 0 aliphatic heterocycles. The predicted molar refractivity (Wildman–Crippen MR) is 92.0 cm³/mol. The molecule has 5 nitrogen and oxygen atoms in total. The van der Waals surface area contributed by atoms with E-state index >= 15 is 0 Å². The van der Waals surface area contributed by atoms with Crippen molar-refractivity contribution in [2.45, 2.75) is 6.54 Å². The second kappa shape index (κ2) is 7.41. The molecule has 1 aromatic heterocycles. The molecule has 2 aromatic carbocycles. The Hall–Kier alpha value is -3.15. The summed E-state index contributed by atoms with van der Waals surface area (Å²) in [6, 6.07) is 15.6. The lowest BCUT2D eigenvalue weighted by atomic mass is 10.2. The summed E-state index contributed by atoms with van der Waals surface area (Å²) < 4.78 is 18.1. The molecule has 0 radical (unpaired) electrons. The fraction of sp³-hybridized carbons (Fsp3) is 0.111. The summed E-state index contributed by atoms with van der Waals surface area (Å²) in [4.78, 5) is 8.61. The quantitative estimate of drug-likeness (QED) is 0.718. The SMILES string of the molecule is COc1cccc(Nc2nccc(NCc3ccc(F)cc3)n2)c1. The Morgan fingerprint density at radius 3 is 2.71 bits per heavy atom. The van der Waals surface area contributed by atoms with Gasteiger partial charge in [0.15, 0.2) is 0 Å². The number of rotatable bonds is 6. The highest BCUT2D eigenvalue weighted by atomic mass is 19.1. The molecule has 3 aromatic rings. The van der Waals surface area contributed by atoms with Gasteiger partial charge < -0.3 is 15.4 Å². The van der Waals surface area contributed by atoms with Crippen LogP contribution in [0.4, 0.5) is 21.8 Å². The number of anilines is 3. The molecule has 0 atom stereocenters. The first-order valence-corrected chi connectivity index (χ1v) is 7.45. The molecule has 6 heteroatoms. The van der Waals surface area contributed by atoms with E-state index in [1.807, 2.05) is 24.3 Å². The molecule has 0 saturated carbocycles. The maximum absolute atomic E-state index is 12.9. The molecule has 24 heavy (non-hydrogen) atoms. The largest absolute Gasteiger partial charge is 0.497 e. The third kappa shape index (κ3) is 4.19. The molecule has 0 spiro atoms. The van der Waals surface area contributed by atoms with Crippen LogP contribution in [0.15, 0.2) is 60.8 Å². The molecule has 0 fully saturated rings. The third-order valence-corrected chi connectivity index (χ3v) is 3.37. The molecule has 0 bridgehead atoms. The van der Waals surface area contributed by atoms with E-state index in [4.69, 9.17) is 4.74 Å². The summed E-state index contributed by atoms with van der Waals surface area (Å²) >= 11 is 0. The summed E-state index contributed by atoms with van der Waals surface area (Å²) in [5.41, 5.74) is 1.81. The van der Waals surface area contributed by atoms with Crippen LogP contribution < -0.4 is 15.4 Å². The Kier molecular flexibility index (Phi) is 4.86. The zero-order chi connectivity index (χ0) is 16.8. The number of ether oxygens (including phenoxy) is 1. The van der Waals surface area contributed by atoms with Crippen LogP contribution in [-0.4, -0.2) is 17.1 Å². The standard InChI is InChI=1S/C18H17FN4O/c1-24-16-4-2-3-15(11-16)22-18-20-10-9-17(23-18)21-12-13-5-7-14(19)8-6-13/h2-11H,12H2,1H3,(H2,20,21,22,23). The number of nitrogens with zero attached hydrogens (tertiary/aromatic N) is 2. The Labute approximate surface area is 139 Å². The van der Waals surface area contributed by atoms with E-state index in [-0.39, 0.29) is 5.82 Å². The summed E-state index contributed by atoms with van der Waals surface area (Å²) in [5, 5.41) is 6.32. The Balaban J connectivity index is 1.66. The van der Waals surface area contributed by atoms with Gasteiger partial charge in [-0.1, -0.05) is 18.2 Å². The van der Waals surface area contributed by atoms with Crippen LogP contribution in [0.25, 0.3) is 0 Å². The first-order chi connectivity index (χ1) is 11.7. The van der Waals surface area contributed by atoms with Crippen molar-refractivity contribution in [2.24, 2.45) is 0 Å². The van der Waals surface area contributed by atoms with Gasteiger partial charge in [-0.2, -0.15) is 4.98 Å². The van der Waals surface area contributed by atoms with Crippen molar-refractivity contribution in [3.8, 4) is 5.75 Å². The van der Waals surface area contributed by atoms with Crippen molar-refractivity contribution in [1.29, 1.82) is 0 Å². The fourth-order valence-corrected chi connectivity index (χ4v) is 2.14. The minimum absolute atomic E-state index is 0.245. The summed E-state index contributed by atoms with van der Waals surface area (Å²) in [6.07, 6.45) is 1.67. The van der Waals surface area contributed by atoms with Gasteiger partial charge in [-0.3, -0.25) is 0 Å². The minimum Gasteiger partial charge on any atom is -0.497 e. The summed E-state index contributed by atoms with van der Waals surface area (Å²) in [7, 11) is 1.62. The number of aromatic nitrogens is 2. The van der Waals surface area contributed by atoms with Crippen LogP contribution >= 0.6 is 0 Å². The van der Waals surface area contributed by atoms with Crippen molar-refractivity contribution < 1.29 is 9.13 Å². The number of nitrogens with one attached hydrogen (secondary N) is 2. The first kappa shape index (κ1) is 15.7. The van der Waals surface area contributed by atoms with E-state index < -0.39 is 0 Å². The molecule has 1 heterocycles. The van der Waals surface area contributed by atoms with Crippen molar-refractivity contribution >= 4 is 17.5 Å². The number of benzene rings is 2. The number of hydrogen-bond donors (Lipinski definition) is 2. The van der Waals surface area contributed by atoms with Gasteiger partial charge in [-0.05, 0) is 35.9 Å². The van der Waals surface area contributed by atoms with Gasteiger partial charge in [0.1, 0.15) is 17.4 Å². The molecule has 0 amide bonds. The zero-order valence-electron chi connectivity index (χ0n) is 13.2. The highest BCUT2D eigenvalue weighted by Crippen LogP contribution is 2.20. The normalized spacial score (nSPS) is 10.2. The lowest BCUT2D eigenvalue weighted by molar-refractivity contribution is 0.415. The van der Waals surface area contributed by atoms with Crippen LogP contribution in [0.1, 0.15) is 5.56 Å². The molecule has 0 aliphatic carbocycles. The van der Waals surface area contributed by atoms with Gasteiger partial charge in [-0.25, -0.2) is 9.37 Å². The van der Waals surface area contributed by atoms with Crippen molar-refractivity contribution in [3.05, 3.63) is 72.2 Å². The molecular formula is C18H17FN4O. The summed E-state index contributed by atoms with van der Waals surface area (Å²) in [5.74, 6) is 1.67.